The maximum absolute atomic E-state index is 10.4. The Balaban J connectivity index is 1.95. The lowest BCUT2D eigenvalue weighted by atomic mass is 9.91. The number of aliphatic hydroxyl groups is 1. The van der Waals surface area contributed by atoms with E-state index in [0.29, 0.717) is 12.0 Å². The molecule has 2 bridgehead atoms. The van der Waals surface area contributed by atoms with Crippen LogP contribution in [0.1, 0.15) is 40.0 Å². The van der Waals surface area contributed by atoms with E-state index in [0.717, 1.165) is 25.7 Å². The van der Waals surface area contributed by atoms with Crippen molar-refractivity contribution < 1.29 is 5.11 Å². The third-order valence-corrected chi connectivity index (χ3v) is 5.02. The number of rotatable bonds is 3. The molecule has 2 heterocycles. The highest BCUT2D eigenvalue weighted by Crippen LogP contribution is 2.29. The van der Waals surface area contributed by atoms with E-state index >= 15 is 0 Å². The summed E-state index contributed by atoms with van der Waals surface area (Å²) in [5, 5.41) is 10.4. The number of hydrogen-bond acceptors (Lipinski definition) is 3. The molecular formula is C14H28N2O. The minimum atomic E-state index is -0.553. The molecule has 0 aromatic heterocycles. The molecule has 0 aromatic carbocycles. The molecular weight excluding hydrogens is 212 g/mol. The van der Waals surface area contributed by atoms with Gasteiger partial charge in [0.2, 0.25) is 0 Å². The molecule has 0 saturated carbocycles. The highest BCUT2D eigenvalue weighted by Gasteiger charge is 2.37. The predicted molar refractivity (Wildman–Crippen MR) is 71.1 cm³/mol. The second-order valence-electron chi connectivity index (χ2n) is 6.59. The summed E-state index contributed by atoms with van der Waals surface area (Å²) in [5.41, 5.74) is -0.553. The predicted octanol–water partition coefficient (Wildman–Crippen LogP) is 1.56. The monoisotopic (exact) mass is 240 g/mol. The normalized spacial score (nSPS) is 34.9. The first-order chi connectivity index (χ1) is 7.90. The molecule has 0 aromatic rings. The number of β-amino-alcohol motifs (C(OH)–C–C–N with tert-alkyl or cyclic N) is 1. The van der Waals surface area contributed by atoms with Gasteiger partial charge in [0, 0.05) is 25.2 Å². The van der Waals surface area contributed by atoms with Crippen LogP contribution in [-0.2, 0) is 0 Å². The molecule has 0 spiro atoms. The van der Waals surface area contributed by atoms with E-state index in [2.05, 4.69) is 30.7 Å². The molecule has 2 aliphatic rings. The van der Waals surface area contributed by atoms with Crippen LogP contribution in [0.25, 0.3) is 0 Å². The van der Waals surface area contributed by atoms with Gasteiger partial charge >= 0.3 is 0 Å². The second-order valence-corrected chi connectivity index (χ2v) is 6.59. The Kier molecular flexibility index (Phi) is 3.81. The summed E-state index contributed by atoms with van der Waals surface area (Å²) in [6, 6.07) is 1.50. The molecule has 1 N–H and O–H groups in total. The van der Waals surface area contributed by atoms with E-state index in [-0.39, 0.29) is 0 Å². The fourth-order valence-corrected chi connectivity index (χ4v) is 3.16. The second kappa shape index (κ2) is 4.87. The van der Waals surface area contributed by atoms with Crippen molar-refractivity contribution in [2.75, 3.05) is 26.7 Å². The van der Waals surface area contributed by atoms with Crippen molar-refractivity contribution >= 4 is 0 Å². The molecule has 3 atom stereocenters. The highest BCUT2D eigenvalue weighted by molar-refractivity contribution is 4.93. The fraction of sp³-hybridized carbons (Fsp3) is 1.00. The Labute approximate surface area is 106 Å². The Hall–Kier alpha value is -0.120. The zero-order valence-electron chi connectivity index (χ0n) is 11.8. The largest absolute Gasteiger partial charge is 0.389 e. The molecule has 3 unspecified atom stereocenters. The molecule has 2 aliphatic heterocycles. The maximum Gasteiger partial charge on any atom is 0.0768 e. The van der Waals surface area contributed by atoms with Gasteiger partial charge in [-0.3, -0.25) is 9.80 Å². The van der Waals surface area contributed by atoms with Gasteiger partial charge in [-0.15, -0.1) is 0 Å². The lowest BCUT2D eigenvalue weighted by Gasteiger charge is -2.35. The van der Waals surface area contributed by atoms with Crippen LogP contribution in [0.2, 0.25) is 0 Å². The Morgan fingerprint density at radius 3 is 2.53 bits per heavy atom. The zero-order chi connectivity index (χ0) is 12.6. The summed E-state index contributed by atoms with van der Waals surface area (Å²) < 4.78 is 0. The topological polar surface area (TPSA) is 26.7 Å². The minimum absolute atomic E-state index is 0.320. The maximum atomic E-state index is 10.4. The summed E-state index contributed by atoms with van der Waals surface area (Å²) in [7, 11) is 2.27. The van der Waals surface area contributed by atoms with Gasteiger partial charge in [-0.2, -0.15) is 0 Å². The van der Waals surface area contributed by atoms with Crippen LogP contribution in [0, 0.1) is 5.92 Å². The molecule has 100 valence electrons. The number of hydrogen-bond donors (Lipinski definition) is 1. The highest BCUT2D eigenvalue weighted by atomic mass is 16.3. The summed E-state index contributed by atoms with van der Waals surface area (Å²) in [6.07, 6.45) is 3.97. The van der Waals surface area contributed by atoms with Gasteiger partial charge in [-0.25, -0.2) is 0 Å². The summed E-state index contributed by atoms with van der Waals surface area (Å²) >= 11 is 0. The van der Waals surface area contributed by atoms with Crippen molar-refractivity contribution in [3.8, 4) is 0 Å². The van der Waals surface area contributed by atoms with Crippen LogP contribution in [0.5, 0.6) is 0 Å². The third-order valence-electron chi connectivity index (χ3n) is 5.02. The molecule has 2 fully saturated rings. The van der Waals surface area contributed by atoms with E-state index in [4.69, 9.17) is 0 Å². The lowest BCUT2D eigenvalue weighted by molar-refractivity contribution is -0.0202. The molecule has 3 heteroatoms. The van der Waals surface area contributed by atoms with Gasteiger partial charge in [0.05, 0.1) is 5.60 Å². The molecule has 17 heavy (non-hydrogen) atoms. The number of nitrogens with zero attached hydrogens (tertiary/aromatic N) is 2. The average molecular weight is 240 g/mol. The third kappa shape index (κ3) is 2.83. The molecule has 2 saturated heterocycles. The van der Waals surface area contributed by atoms with Crippen LogP contribution in [0.3, 0.4) is 0 Å². The molecule has 0 radical (unpaired) electrons. The van der Waals surface area contributed by atoms with Gasteiger partial charge in [0.1, 0.15) is 0 Å². The van der Waals surface area contributed by atoms with Gasteiger partial charge in [0.25, 0.3) is 0 Å². The Morgan fingerprint density at radius 2 is 1.88 bits per heavy atom. The summed E-state index contributed by atoms with van der Waals surface area (Å²) in [5.74, 6) is 0.320. The minimum Gasteiger partial charge on any atom is -0.389 e. The molecule has 3 nitrogen and oxygen atoms in total. The number of likely N-dealkylation sites (N-methyl/N-ethyl adjacent to an activating group) is 1. The van der Waals surface area contributed by atoms with Gasteiger partial charge < -0.3 is 5.11 Å². The van der Waals surface area contributed by atoms with Crippen LogP contribution in [0.4, 0.5) is 0 Å². The smallest absolute Gasteiger partial charge is 0.0768 e. The molecule has 0 amide bonds. The quantitative estimate of drug-likeness (QED) is 0.811. The van der Waals surface area contributed by atoms with E-state index in [1.807, 2.05) is 6.92 Å². The van der Waals surface area contributed by atoms with Crippen molar-refractivity contribution in [2.45, 2.75) is 57.7 Å². The standard InChI is InChI=1S/C14H28N2O/c1-11(2)14(3,17)10-16-8-7-12-5-6-13(9-16)15(12)4/h11-13,17H,5-10H2,1-4H3. The van der Waals surface area contributed by atoms with Gasteiger partial charge in [-0.1, -0.05) is 13.8 Å². The fourth-order valence-electron chi connectivity index (χ4n) is 3.16. The van der Waals surface area contributed by atoms with Crippen LogP contribution in [-0.4, -0.2) is 59.3 Å². The molecule has 2 rings (SSSR count). The average Bonchev–Trinajstić information content (AvgIpc) is 2.46. The van der Waals surface area contributed by atoms with E-state index in [9.17, 15) is 5.11 Å². The molecule has 0 aliphatic carbocycles. The van der Waals surface area contributed by atoms with E-state index in [1.165, 1.54) is 19.3 Å². The van der Waals surface area contributed by atoms with Crippen molar-refractivity contribution in [3.05, 3.63) is 0 Å². The van der Waals surface area contributed by atoms with Crippen molar-refractivity contribution in [1.82, 2.24) is 9.80 Å². The summed E-state index contributed by atoms with van der Waals surface area (Å²) in [6.45, 7) is 9.29. The van der Waals surface area contributed by atoms with E-state index < -0.39 is 5.60 Å². The van der Waals surface area contributed by atoms with Crippen molar-refractivity contribution in [3.63, 3.8) is 0 Å². The van der Waals surface area contributed by atoms with E-state index in [1.54, 1.807) is 0 Å². The first-order valence-electron chi connectivity index (χ1n) is 7.07. The zero-order valence-corrected chi connectivity index (χ0v) is 11.8. The first-order valence-corrected chi connectivity index (χ1v) is 7.07. The first kappa shape index (κ1) is 13.3. The van der Waals surface area contributed by atoms with Gasteiger partial charge in [0.15, 0.2) is 0 Å². The Morgan fingerprint density at radius 1 is 1.24 bits per heavy atom. The van der Waals surface area contributed by atoms with Crippen molar-refractivity contribution in [1.29, 1.82) is 0 Å². The SMILES string of the molecule is CC(C)C(C)(O)CN1CCC2CCC(C1)N2C. The van der Waals surface area contributed by atoms with Crippen LogP contribution in [0.15, 0.2) is 0 Å². The van der Waals surface area contributed by atoms with Gasteiger partial charge in [-0.05, 0) is 45.7 Å². The van der Waals surface area contributed by atoms with Crippen molar-refractivity contribution in [2.24, 2.45) is 5.92 Å². The number of fused-ring (bicyclic) bond motifs is 2. The summed E-state index contributed by atoms with van der Waals surface area (Å²) in [4.78, 5) is 5.03. The van der Waals surface area contributed by atoms with Crippen LogP contribution >= 0.6 is 0 Å². The number of likely N-dealkylation sites (tertiary alicyclic amines) is 1. The van der Waals surface area contributed by atoms with Crippen LogP contribution < -0.4 is 0 Å². The lowest BCUT2D eigenvalue weighted by Crippen LogP contribution is -2.47. The Bertz CT molecular complexity index is 265.